The standard InChI is InChI=1S/C16H16F2O2/c1-16(19,12-3-6-14(20-2)7-4-12)10-11-9-13(17)5-8-15(11)18/h3-9,19H,10H2,1-2H3. The Balaban J connectivity index is 2.27. The smallest absolute Gasteiger partial charge is 0.126 e. The summed E-state index contributed by atoms with van der Waals surface area (Å²) >= 11 is 0. The molecule has 0 bridgehead atoms. The summed E-state index contributed by atoms with van der Waals surface area (Å²) in [6.07, 6.45) is -0.0110. The van der Waals surface area contributed by atoms with Gasteiger partial charge in [0.15, 0.2) is 0 Å². The van der Waals surface area contributed by atoms with Gasteiger partial charge in [0.1, 0.15) is 17.4 Å². The van der Waals surface area contributed by atoms with Gasteiger partial charge < -0.3 is 9.84 Å². The summed E-state index contributed by atoms with van der Waals surface area (Å²) in [6.45, 7) is 1.57. The molecule has 0 saturated heterocycles. The minimum absolute atomic E-state index is 0.0110. The summed E-state index contributed by atoms with van der Waals surface area (Å²) in [7, 11) is 1.55. The highest BCUT2D eigenvalue weighted by Crippen LogP contribution is 2.28. The van der Waals surface area contributed by atoms with Gasteiger partial charge in [-0.05, 0) is 48.4 Å². The molecule has 2 aromatic rings. The Morgan fingerprint density at radius 2 is 1.75 bits per heavy atom. The first-order valence-corrected chi connectivity index (χ1v) is 6.23. The molecular weight excluding hydrogens is 262 g/mol. The second-order valence-corrected chi connectivity index (χ2v) is 4.91. The van der Waals surface area contributed by atoms with Crippen molar-refractivity contribution in [2.24, 2.45) is 0 Å². The minimum atomic E-state index is -1.29. The number of hydrogen-bond acceptors (Lipinski definition) is 2. The molecule has 0 radical (unpaired) electrons. The van der Waals surface area contributed by atoms with E-state index in [1.54, 1.807) is 38.3 Å². The van der Waals surface area contributed by atoms with Crippen molar-refractivity contribution in [3.8, 4) is 5.75 Å². The second-order valence-electron chi connectivity index (χ2n) is 4.91. The summed E-state index contributed by atoms with van der Waals surface area (Å²) in [4.78, 5) is 0. The van der Waals surface area contributed by atoms with E-state index >= 15 is 0 Å². The number of halogens is 2. The van der Waals surface area contributed by atoms with Crippen molar-refractivity contribution in [2.75, 3.05) is 7.11 Å². The van der Waals surface area contributed by atoms with E-state index in [4.69, 9.17) is 4.74 Å². The Labute approximate surface area is 116 Å². The van der Waals surface area contributed by atoms with Crippen LogP contribution in [0.3, 0.4) is 0 Å². The van der Waals surface area contributed by atoms with E-state index in [1.807, 2.05) is 0 Å². The van der Waals surface area contributed by atoms with E-state index in [0.29, 0.717) is 11.3 Å². The Hall–Kier alpha value is -1.94. The number of ether oxygens (including phenoxy) is 1. The van der Waals surface area contributed by atoms with E-state index in [2.05, 4.69) is 0 Å². The molecule has 2 aromatic carbocycles. The zero-order chi connectivity index (χ0) is 14.8. The molecule has 1 N–H and O–H groups in total. The van der Waals surface area contributed by atoms with Crippen molar-refractivity contribution in [1.82, 2.24) is 0 Å². The molecule has 0 aliphatic heterocycles. The number of methoxy groups -OCH3 is 1. The van der Waals surface area contributed by atoms with E-state index in [1.165, 1.54) is 0 Å². The van der Waals surface area contributed by atoms with Crippen LogP contribution < -0.4 is 4.74 Å². The number of benzene rings is 2. The topological polar surface area (TPSA) is 29.5 Å². The first-order valence-electron chi connectivity index (χ1n) is 6.23. The second kappa shape index (κ2) is 5.59. The molecule has 0 spiro atoms. The Kier molecular flexibility index (Phi) is 4.04. The Morgan fingerprint density at radius 1 is 1.10 bits per heavy atom. The fourth-order valence-corrected chi connectivity index (χ4v) is 2.10. The molecule has 0 saturated carbocycles. The molecule has 0 aromatic heterocycles. The fraction of sp³-hybridized carbons (Fsp3) is 0.250. The lowest BCUT2D eigenvalue weighted by Crippen LogP contribution is -2.24. The van der Waals surface area contributed by atoms with Crippen LogP contribution in [0.5, 0.6) is 5.75 Å². The quantitative estimate of drug-likeness (QED) is 0.928. The van der Waals surface area contributed by atoms with Gasteiger partial charge in [-0.25, -0.2) is 8.78 Å². The number of hydrogen-bond donors (Lipinski definition) is 1. The highest BCUT2D eigenvalue weighted by Gasteiger charge is 2.25. The molecule has 2 nitrogen and oxygen atoms in total. The summed E-state index contributed by atoms with van der Waals surface area (Å²) in [5.41, 5.74) is -0.534. The van der Waals surface area contributed by atoms with Crippen molar-refractivity contribution in [2.45, 2.75) is 18.9 Å². The maximum Gasteiger partial charge on any atom is 0.126 e. The van der Waals surface area contributed by atoms with Crippen LogP contribution in [0, 0.1) is 11.6 Å². The van der Waals surface area contributed by atoms with E-state index < -0.39 is 17.2 Å². The lowest BCUT2D eigenvalue weighted by Gasteiger charge is -2.24. The van der Waals surface area contributed by atoms with Crippen LogP contribution in [0.1, 0.15) is 18.1 Å². The SMILES string of the molecule is COc1ccc(C(C)(O)Cc2cc(F)ccc2F)cc1. The van der Waals surface area contributed by atoms with Crippen LogP contribution >= 0.6 is 0 Å². The van der Waals surface area contributed by atoms with Crippen molar-refractivity contribution >= 4 is 0 Å². The maximum atomic E-state index is 13.6. The monoisotopic (exact) mass is 278 g/mol. The van der Waals surface area contributed by atoms with Crippen LogP contribution in [-0.4, -0.2) is 12.2 Å². The molecule has 20 heavy (non-hydrogen) atoms. The normalized spacial score (nSPS) is 13.8. The van der Waals surface area contributed by atoms with Gasteiger partial charge in [-0.1, -0.05) is 12.1 Å². The molecule has 0 heterocycles. The Bertz CT molecular complexity index is 592. The van der Waals surface area contributed by atoms with Crippen LogP contribution in [0.4, 0.5) is 8.78 Å². The van der Waals surface area contributed by atoms with Gasteiger partial charge in [-0.3, -0.25) is 0 Å². The third-order valence-corrected chi connectivity index (χ3v) is 3.25. The maximum absolute atomic E-state index is 13.6. The highest BCUT2D eigenvalue weighted by molar-refractivity contribution is 5.32. The predicted molar refractivity (Wildman–Crippen MR) is 72.6 cm³/mol. The summed E-state index contributed by atoms with van der Waals surface area (Å²) < 4.78 is 31.8. The van der Waals surface area contributed by atoms with Crippen molar-refractivity contribution in [1.29, 1.82) is 0 Å². The lowest BCUT2D eigenvalue weighted by atomic mass is 9.89. The van der Waals surface area contributed by atoms with Gasteiger partial charge in [0, 0.05) is 6.42 Å². The van der Waals surface area contributed by atoms with Gasteiger partial charge >= 0.3 is 0 Å². The van der Waals surface area contributed by atoms with E-state index in [9.17, 15) is 13.9 Å². The molecular formula is C16H16F2O2. The average molecular weight is 278 g/mol. The van der Waals surface area contributed by atoms with Gasteiger partial charge in [-0.2, -0.15) is 0 Å². The Morgan fingerprint density at radius 3 is 2.35 bits per heavy atom. The van der Waals surface area contributed by atoms with Crippen LogP contribution in [-0.2, 0) is 12.0 Å². The number of rotatable bonds is 4. The van der Waals surface area contributed by atoms with Crippen molar-refractivity contribution < 1.29 is 18.6 Å². The predicted octanol–water partition coefficient (Wildman–Crippen LogP) is 3.42. The van der Waals surface area contributed by atoms with Crippen molar-refractivity contribution in [3.05, 3.63) is 65.2 Å². The molecule has 106 valence electrons. The van der Waals surface area contributed by atoms with Crippen LogP contribution in [0.25, 0.3) is 0 Å². The third kappa shape index (κ3) is 3.14. The fourth-order valence-electron chi connectivity index (χ4n) is 2.10. The largest absolute Gasteiger partial charge is 0.497 e. The van der Waals surface area contributed by atoms with Crippen LogP contribution in [0.2, 0.25) is 0 Å². The highest BCUT2D eigenvalue weighted by atomic mass is 19.1. The molecule has 2 rings (SSSR count). The van der Waals surface area contributed by atoms with Gasteiger partial charge in [0.2, 0.25) is 0 Å². The molecule has 1 atom stereocenters. The lowest BCUT2D eigenvalue weighted by molar-refractivity contribution is 0.0566. The summed E-state index contributed by atoms with van der Waals surface area (Å²) in [6, 6.07) is 10.1. The van der Waals surface area contributed by atoms with Crippen LogP contribution in [0.15, 0.2) is 42.5 Å². The first-order chi connectivity index (χ1) is 9.42. The molecule has 0 amide bonds. The summed E-state index contributed by atoms with van der Waals surface area (Å²) in [5.74, 6) is -0.381. The zero-order valence-electron chi connectivity index (χ0n) is 11.4. The van der Waals surface area contributed by atoms with E-state index in [-0.39, 0.29) is 12.0 Å². The molecule has 0 aliphatic rings. The minimum Gasteiger partial charge on any atom is -0.497 e. The van der Waals surface area contributed by atoms with Gasteiger partial charge in [0.05, 0.1) is 12.7 Å². The molecule has 1 unspecified atom stereocenters. The van der Waals surface area contributed by atoms with Gasteiger partial charge in [0.25, 0.3) is 0 Å². The molecule has 0 aliphatic carbocycles. The average Bonchev–Trinajstić information content (AvgIpc) is 2.43. The molecule has 0 fully saturated rings. The third-order valence-electron chi connectivity index (χ3n) is 3.25. The van der Waals surface area contributed by atoms with Crippen molar-refractivity contribution in [3.63, 3.8) is 0 Å². The number of aliphatic hydroxyl groups is 1. The first kappa shape index (κ1) is 14.5. The van der Waals surface area contributed by atoms with E-state index in [0.717, 1.165) is 18.2 Å². The summed E-state index contributed by atoms with van der Waals surface area (Å²) in [5, 5.41) is 10.5. The van der Waals surface area contributed by atoms with Gasteiger partial charge in [-0.15, -0.1) is 0 Å². The zero-order valence-corrected chi connectivity index (χ0v) is 11.4. The molecule has 4 heteroatoms.